The minimum atomic E-state index is -0.248. The van der Waals surface area contributed by atoms with E-state index in [-0.39, 0.29) is 17.8 Å². The SMILES string of the molecule is CCC(N)CC(=O)NCCc1cccc(F)c1. The highest BCUT2D eigenvalue weighted by Gasteiger charge is 2.06. The Morgan fingerprint density at radius 1 is 1.53 bits per heavy atom. The van der Waals surface area contributed by atoms with Crippen LogP contribution in [0.3, 0.4) is 0 Å². The number of carbonyl (C=O) groups is 1. The second kappa shape index (κ2) is 7.01. The third-order valence-corrected chi connectivity index (χ3v) is 2.60. The molecule has 0 saturated carbocycles. The van der Waals surface area contributed by atoms with Gasteiger partial charge in [0.25, 0.3) is 0 Å². The van der Waals surface area contributed by atoms with Gasteiger partial charge < -0.3 is 11.1 Å². The molecule has 94 valence electrons. The van der Waals surface area contributed by atoms with Crippen LogP contribution in [0.5, 0.6) is 0 Å². The van der Waals surface area contributed by atoms with Crippen molar-refractivity contribution in [2.75, 3.05) is 6.54 Å². The van der Waals surface area contributed by atoms with Gasteiger partial charge in [0.1, 0.15) is 5.82 Å². The first-order chi connectivity index (χ1) is 8.11. The Morgan fingerprint density at radius 3 is 2.94 bits per heavy atom. The van der Waals surface area contributed by atoms with Crippen molar-refractivity contribution in [1.29, 1.82) is 0 Å². The molecule has 0 bridgehead atoms. The number of hydrogen-bond donors (Lipinski definition) is 2. The van der Waals surface area contributed by atoms with Gasteiger partial charge in [0.05, 0.1) is 0 Å². The van der Waals surface area contributed by atoms with Crippen LogP contribution in [0.1, 0.15) is 25.3 Å². The van der Waals surface area contributed by atoms with Gasteiger partial charge in [0.2, 0.25) is 5.91 Å². The van der Waals surface area contributed by atoms with Crippen LogP contribution >= 0.6 is 0 Å². The molecule has 0 saturated heterocycles. The highest BCUT2D eigenvalue weighted by atomic mass is 19.1. The molecule has 0 aliphatic heterocycles. The molecule has 0 fully saturated rings. The van der Waals surface area contributed by atoms with Gasteiger partial charge in [-0.2, -0.15) is 0 Å². The molecule has 0 heterocycles. The Morgan fingerprint density at radius 2 is 2.29 bits per heavy atom. The van der Waals surface area contributed by atoms with Crippen LogP contribution in [0.15, 0.2) is 24.3 Å². The molecule has 0 aliphatic rings. The van der Waals surface area contributed by atoms with Crippen LogP contribution in [0, 0.1) is 5.82 Å². The second-order valence-electron chi connectivity index (χ2n) is 4.10. The Hall–Kier alpha value is -1.42. The van der Waals surface area contributed by atoms with Gasteiger partial charge in [0.15, 0.2) is 0 Å². The molecule has 1 aromatic carbocycles. The monoisotopic (exact) mass is 238 g/mol. The van der Waals surface area contributed by atoms with E-state index in [1.165, 1.54) is 12.1 Å². The average molecular weight is 238 g/mol. The van der Waals surface area contributed by atoms with Crippen LogP contribution in [-0.4, -0.2) is 18.5 Å². The van der Waals surface area contributed by atoms with E-state index in [9.17, 15) is 9.18 Å². The standard InChI is InChI=1S/C13H19FN2O/c1-2-12(15)9-13(17)16-7-6-10-4-3-5-11(14)8-10/h3-5,8,12H,2,6-7,9,15H2,1H3,(H,16,17). The molecule has 0 spiro atoms. The number of hydrogen-bond acceptors (Lipinski definition) is 2. The zero-order valence-corrected chi connectivity index (χ0v) is 10.1. The summed E-state index contributed by atoms with van der Waals surface area (Å²) >= 11 is 0. The van der Waals surface area contributed by atoms with Crippen LogP contribution in [0.2, 0.25) is 0 Å². The minimum absolute atomic E-state index is 0.0456. The van der Waals surface area contributed by atoms with Crippen molar-refractivity contribution in [3.05, 3.63) is 35.6 Å². The van der Waals surface area contributed by atoms with E-state index in [0.717, 1.165) is 12.0 Å². The second-order valence-corrected chi connectivity index (χ2v) is 4.10. The summed E-state index contributed by atoms with van der Waals surface area (Å²) in [6, 6.07) is 6.31. The zero-order chi connectivity index (χ0) is 12.7. The summed E-state index contributed by atoms with van der Waals surface area (Å²) in [5.41, 5.74) is 6.55. The lowest BCUT2D eigenvalue weighted by Crippen LogP contribution is -2.32. The summed E-state index contributed by atoms with van der Waals surface area (Å²) in [7, 11) is 0. The zero-order valence-electron chi connectivity index (χ0n) is 10.1. The summed E-state index contributed by atoms with van der Waals surface area (Å²) < 4.78 is 12.9. The first kappa shape index (κ1) is 13.6. The molecule has 1 rings (SSSR count). The fourth-order valence-electron chi connectivity index (χ4n) is 1.49. The largest absolute Gasteiger partial charge is 0.356 e. The lowest BCUT2D eigenvalue weighted by Gasteiger charge is -2.09. The van der Waals surface area contributed by atoms with E-state index >= 15 is 0 Å². The topological polar surface area (TPSA) is 55.1 Å². The van der Waals surface area contributed by atoms with E-state index in [1.54, 1.807) is 6.07 Å². The molecule has 1 aromatic rings. The van der Waals surface area contributed by atoms with Crippen molar-refractivity contribution in [3.8, 4) is 0 Å². The Kier molecular flexibility index (Phi) is 5.63. The highest BCUT2D eigenvalue weighted by molar-refractivity contribution is 5.76. The van der Waals surface area contributed by atoms with E-state index in [1.807, 2.05) is 13.0 Å². The maximum atomic E-state index is 12.9. The van der Waals surface area contributed by atoms with Crippen molar-refractivity contribution < 1.29 is 9.18 Å². The van der Waals surface area contributed by atoms with Gasteiger partial charge in [-0.25, -0.2) is 4.39 Å². The average Bonchev–Trinajstić information content (AvgIpc) is 2.29. The van der Waals surface area contributed by atoms with E-state index in [2.05, 4.69) is 5.32 Å². The van der Waals surface area contributed by atoms with Crippen LogP contribution in [0.4, 0.5) is 4.39 Å². The van der Waals surface area contributed by atoms with Crippen LogP contribution in [0.25, 0.3) is 0 Å². The number of benzene rings is 1. The molecule has 1 amide bonds. The Bertz CT molecular complexity index is 368. The van der Waals surface area contributed by atoms with E-state index in [4.69, 9.17) is 5.73 Å². The maximum Gasteiger partial charge on any atom is 0.221 e. The first-order valence-corrected chi connectivity index (χ1v) is 5.88. The number of halogens is 1. The van der Waals surface area contributed by atoms with Crippen LogP contribution < -0.4 is 11.1 Å². The summed E-state index contributed by atoms with van der Waals surface area (Å²) in [6.07, 6.45) is 1.77. The number of carbonyl (C=O) groups excluding carboxylic acids is 1. The predicted molar refractivity (Wildman–Crippen MR) is 66.0 cm³/mol. The number of amides is 1. The number of rotatable bonds is 6. The van der Waals surface area contributed by atoms with Crippen molar-refractivity contribution in [3.63, 3.8) is 0 Å². The molecule has 0 radical (unpaired) electrons. The third kappa shape index (κ3) is 5.45. The highest BCUT2D eigenvalue weighted by Crippen LogP contribution is 2.03. The van der Waals surface area contributed by atoms with Crippen molar-refractivity contribution in [1.82, 2.24) is 5.32 Å². The third-order valence-electron chi connectivity index (χ3n) is 2.60. The number of nitrogens with two attached hydrogens (primary N) is 1. The van der Waals surface area contributed by atoms with Gasteiger partial charge >= 0.3 is 0 Å². The van der Waals surface area contributed by atoms with E-state index < -0.39 is 0 Å². The van der Waals surface area contributed by atoms with Crippen molar-refractivity contribution in [2.45, 2.75) is 32.2 Å². The fourth-order valence-corrected chi connectivity index (χ4v) is 1.49. The van der Waals surface area contributed by atoms with Gasteiger partial charge in [-0.05, 0) is 30.5 Å². The first-order valence-electron chi connectivity index (χ1n) is 5.88. The van der Waals surface area contributed by atoms with Crippen LogP contribution in [-0.2, 0) is 11.2 Å². The quantitative estimate of drug-likeness (QED) is 0.791. The van der Waals surface area contributed by atoms with Gasteiger partial charge in [-0.3, -0.25) is 4.79 Å². The molecule has 0 aliphatic carbocycles. The van der Waals surface area contributed by atoms with E-state index in [0.29, 0.717) is 19.4 Å². The molecular formula is C13H19FN2O. The fraction of sp³-hybridized carbons (Fsp3) is 0.462. The van der Waals surface area contributed by atoms with Gasteiger partial charge in [-0.1, -0.05) is 19.1 Å². The predicted octanol–water partition coefficient (Wildman–Crippen LogP) is 1.61. The maximum absolute atomic E-state index is 12.9. The summed E-state index contributed by atoms with van der Waals surface area (Å²) in [6.45, 7) is 2.46. The molecule has 17 heavy (non-hydrogen) atoms. The summed E-state index contributed by atoms with van der Waals surface area (Å²) in [5, 5.41) is 2.77. The Labute approximate surface area is 101 Å². The van der Waals surface area contributed by atoms with Crippen molar-refractivity contribution >= 4 is 5.91 Å². The summed E-state index contributed by atoms with van der Waals surface area (Å²) in [5.74, 6) is -0.294. The lowest BCUT2D eigenvalue weighted by atomic mass is 10.1. The molecule has 1 unspecified atom stereocenters. The normalized spacial score (nSPS) is 12.2. The molecular weight excluding hydrogens is 219 g/mol. The Balaban J connectivity index is 2.26. The molecule has 3 N–H and O–H groups in total. The van der Waals surface area contributed by atoms with Crippen molar-refractivity contribution in [2.24, 2.45) is 5.73 Å². The molecule has 0 aromatic heterocycles. The number of nitrogens with one attached hydrogen (secondary N) is 1. The molecule has 3 nitrogen and oxygen atoms in total. The minimum Gasteiger partial charge on any atom is -0.356 e. The van der Waals surface area contributed by atoms with Gasteiger partial charge in [-0.15, -0.1) is 0 Å². The summed E-state index contributed by atoms with van der Waals surface area (Å²) in [4.78, 5) is 11.4. The smallest absolute Gasteiger partial charge is 0.221 e. The molecule has 1 atom stereocenters. The molecule has 4 heteroatoms. The lowest BCUT2D eigenvalue weighted by molar-refractivity contribution is -0.121. The van der Waals surface area contributed by atoms with Gasteiger partial charge in [0, 0.05) is 19.0 Å².